The molecule has 0 saturated carbocycles. The Morgan fingerprint density at radius 3 is 2.38 bits per heavy atom. The van der Waals surface area contributed by atoms with Crippen LogP contribution in [-0.2, 0) is 0 Å². The molecule has 1 amide bonds. The van der Waals surface area contributed by atoms with Crippen molar-refractivity contribution < 1.29 is 4.79 Å². The molecule has 2 rings (SSSR count). The van der Waals surface area contributed by atoms with Crippen LogP contribution in [0.3, 0.4) is 0 Å². The van der Waals surface area contributed by atoms with E-state index in [1.807, 2.05) is 20.2 Å². The molecule has 0 bridgehead atoms. The minimum Gasteiger partial charge on any atom is -0.354 e. The van der Waals surface area contributed by atoms with Gasteiger partial charge in [-0.05, 0) is 76.3 Å². The molecule has 0 aliphatic rings. The quantitative estimate of drug-likeness (QED) is 0.768. The second kappa shape index (κ2) is 8.45. The number of amides is 1. The van der Waals surface area contributed by atoms with Crippen LogP contribution in [0.2, 0.25) is 0 Å². The highest BCUT2D eigenvalue weighted by atomic mass is 16.1. The lowest BCUT2D eigenvalue weighted by Crippen LogP contribution is -2.27. The number of hydrogen-bond acceptors (Lipinski definition) is 4. The highest BCUT2D eigenvalue weighted by molar-refractivity contribution is 5.92. The monoisotopic (exact) mass is 326 g/mol. The first kappa shape index (κ1) is 17.9. The van der Waals surface area contributed by atoms with Crippen molar-refractivity contribution >= 4 is 17.3 Å². The van der Waals surface area contributed by atoms with Crippen molar-refractivity contribution in [1.29, 1.82) is 0 Å². The molecule has 0 radical (unpaired) electrons. The summed E-state index contributed by atoms with van der Waals surface area (Å²) in [6.07, 6.45) is 2.61. The fraction of sp³-hybridized carbons (Fsp3) is 0.368. The predicted molar refractivity (Wildman–Crippen MR) is 98.9 cm³/mol. The van der Waals surface area contributed by atoms with Crippen molar-refractivity contribution in [1.82, 2.24) is 15.2 Å². The molecular weight excluding hydrogens is 300 g/mol. The maximum Gasteiger partial charge on any atom is 0.269 e. The van der Waals surface area contributed by atoms with Crippen LogP contribution in [0.5, 0.6) is 0 Å². The Bertz CT molecular complexity index is 660. The van der Waals surface area contributed by atoms with E-state index in [-0.39, 0.29) is 5.91 Å². The third-order valence-corrected chi connectivity index (χ3v) is 3.57. The van der Waals surface area contributed by atoms with E-state index in [9.17, 15) is 4.79 Å². The van der Waals surface area contributed by atoms with E-state index in [0.717, 1.165) is 24.3 Å². The number of carbonyl (C=O) groups excluding carboxylic acids is 1. The van der Waals surface area contributed by atoms with Gasteiger partial charge >= 0.3 is 0 Å². The van der Waals surface area contributed by atoms with Gasteiger partial charge in [-0.15, -0.1) is 0 Å². The normalized spacial score (nSPS) is 10.7. The zero-order valence-electron chi connectivity index (χ0n) is 14.9. The van der Waals surface area contributed by atoms with Gasteiger partial charge in [0, 0.05) is 12.2 Å². The second-order valence-electron chi connectivity index (χ2n) is 6.35. The van der Waals surface area contributed by atoms with Crippen molar-refractivity contribution in [3.8, 4) is 0 Å². The van der Waals surface area contributed by atoms with Crippen LogP contribution in [0, 0.1) is 13.8 Å². The molecule has 0 fully saturated rings. The fourth-order valence-electron chi connectivity index (χ4n) is 2.50. The molecule has 0 atom stereocenters. The summed E-state index contributed by atoms with van der Waals surface area (Å²) >= 11 is 0. The Labute approximate surface area is 144 Å². The van der Waals surface area contributed by atoms with Crippen LogP contribution in [-0.4, -0.2) is 43.0 Å². The number of nitrogens with zero attached hydrogens (tertiary/aromatic N) is 2. The zero-order valence-corrected chi connectivity index (χ0v) is 14.9. The van der Waals surface area contributed by atoms with Gasteiger partial charge in [-0.25, -0.2) is 4.98 Å². The van der Waals surface area contributed by atoms with Crippen LogP contribution in [0.25, 0.3) is 0 Å². The molecule has 2 N–H and O–H groups in total. The minimum atomic E-state index is -0.133. The van der Waals surface area contributed by atoms with Gasteiger partial charge in [0.1, 0.15) is 5.69 Å². The first-order chi connectivity index (χ1) is 11.4. The molecule has 128 valence electrons. The number of anilines is 2. The van der Waals surface area contributed by atoms with Crippen molar-refractivity contribution in [3.63, 3.8) is 0 Å². The summed E-state index contributed by atoms with van der Waals surface area (Å²) in [7, 11) is 4.04. The van der Waals surface area contributed by atoms with Gasteiger partial charge in [0.15, 0.2) is 0 Å². The summed E-state index contributed by atoms with van der Waals surface area (Å²) in [5, 5.41) is 6.21. The highest BCUT2D eigenvalue weighted by Crippen LogP contribution is 2.19. The maximum atomic E-state index is 12.0. The number of aryl methyl sites for hydroxylation is 2. The molecule has 24 heavy (non-hydrogen) atoms. The summed E-state index contributed by atoms with van der Waals surface area (Å²) in [6.45, 7) is 5.74. The van der Waals surface area contributed by atoms with Crippen LogP contribution < -0.4 is 10.6 Å². The van der Waals surface area contributed by atoms with Gasteiger partial charge in [0.05, 0.1) is 11.9 Å². The third kappa shape index (κ3) is 5.66. The number of benzene rings is 1. The minimum absolute atomic E-state index is 0.133. The van der Waals surface area contributed by atoms with Gasteiger partial charge in [-0.2, -0.15) is 0 Å². The number of rotatable bonds is 7. The van der Waals surface area contributed by atoms with Crippen molar-refractivity contribution in [2.75, 3.05) is 32.5 Å². The van der Waals surface area contributed by atoms with Crippen LogP contribution in [0.4, 0.5) is 11.4 Å². The first-order valence-corrected chi connectivity index (χ1v) is 8.18. The second-order valence-corrected chi connectivity index (χ2v) is 6.35. The standard InChI is InChI=1S/C19H26N4O/c1-14-10-15(2)12-17(11-14)22-16-6-7-18(21-13-16)19(24)20-8-5-9-23(3)4/h6-7,10-13,22H,5,8-9H2,1-4H3,(H,20,24). The zero-order chi connectivity index (χ0) is 17.5. The molecule has 1 aromatic carbocycles. The summed E-state index contributed by atoms with van der Waals surface area (Å²) < 4.78 is 0. The topological polar surface area (TPSA) is 57.3 Å². The van der Waals surface area contributed by atoms with Gasteiger partial charge in [0.25, 0.3) is 5.91 Å². The summed E-state index contributed by atoms with van der Waals surface area (Å²) in [5.41, 5.74) is 4.74. The lowest BCUT2D eigenvalue weighted by atomic mass is 10.1. The smallest absolute Gasteiger partial charge is 0.269 e. The Balaban J connectivity index is 1.91. The highest BCUT2D eigenvalue weighted by Gasteiger charge is 2.06. The molecule has 1 aromatic heterocycles. The average molecular weight is 326 g/mol. The Morgan fingerprint density at radius 1 is 1.08 bits per heavy atom. The van der Waals surface area contributed by atoms with E-state index in [0.29, 0.717) is 12.2 Å². The molecule has 0 unspecified atom stereocenters. The summed E-state index contributed by atoms with van der Waals surface area (Å²) in [4.78, 5) is 18.4. The van der Waals surface area contributed by atoms with Gasteiger partial charge in [-0.3, -0.25) is 4.79 Å². The van der Waals surface area contributed by atoms with Crippen molar-refractivity contribution in [3.05, 3.63) is 53.3 Å². The lowest BCUT2D eigenvalue weighted by molar-refractivity contribution is 0.0947. The summed E-state index contributed by atoms with van der Waals surface area (Å²) in [5.74, 6) is -0.133. The van der Waals surface area contributed by atoms with Crippen molar-refractivity contribution in [2.24, 2.45) is 0 Å². The summed E-state index contributed by atoms with van der Waals surface area (Å²) in [6, 6.07) is 9.91. The van der Waals surface area contributed by atoms with Gasteiger partial charge in [0.2, 0.25) is 0 Å². The molecule has 5 heteroatoms. The molecule has 2 aromatic rings. The Kier molecular flexibility index (Phi) is 6.32. The molecule has 1 heterocycles. The van der Waals surface area contributed by atoms with Crippen LogP contribution in [0.15, 0.2) is 36.5 Å². The molecule has 5 nitrogen and oxygen atoms in total. The first-order valence-electron chi connectivity index (χ1n) is 8.18. The van der Waals surface area contributed by atoms with E-state index in [4.69, 9.17) is 0 Å². The Morgan fingerprint density at radius 2 is 1.79 bits per heavy atom. The average Bonchev–Trinajstić information content (AvgIpc) is 2.51. The molecule has 0 spiro atoms. The molecule has 0 saturated heterocycles. The van der Waals surface area contributed by atoms with E-state index in [1.165, 1.54) is 11.1 Å². The third-order valence-electron chi connectivity index (χ3n) is 3.57. The number of aromatic nitrogens is 1. The largest absolute Gasteiger partial charge is 0.354 e. The molecule has 0 aliphatic heterocycles. The number of nitrogens with one attached hydrogen (secondary N) is 2. The number of pyridine rings is 1. The molecule has 0 aliphatic carbocycles. The van der Waals surface area contributed by atoms with Gasteiger partial charge < -0.3 is 15.5 Å². The van der Waals surface area contributed by atoms with E-state index >= 15 is 0 Å². The number of carbonyl (C=O) groups is 1. The Hall–Kier alpha value is -2.40. The van der Waals surface area contributed by atoms with E-state index in [1.54, 1.807) is 12.3 Å². The maximum absolute atomic E-state index is 12.0. The number of hydrogen-bond donors (Lipinski definition) is 2. The predicted octanol–water partition coefficient (Wildman–Crippen LogP) is 3.12. The van der Waals surface area contributed by atoms with Crippen molar-refractivity contribution in [2.45, 2.75) is 20.3 Å². The SMILES string of the molecule is Cc1cc(C)cc(Nc2ccc(C(=O)NCCCN(C)C)nc2)c1. The lowest BCUT2D eigenvalue weighted by Gasteiger charge is -2.10. The fourth-order valence-corrected chi connectivity index (χ4v) is 2.50. The molecular formula is C19H26N4O. The van der Waals surface area contributed by atoms with E-state index < -0.39 is 0 Å². The van der Waals surface area contributed by atoms with Gasteiger partial charge in [-0.1, -0.05) is 6.07 Å². The van der Waals surface area contributed by atoms with Crippen LogP contribution in [0.1, 0.15) is 28.0 Å². The van der Waals surface area contributed by atoms with Crippen LogP contribution >= 0.6 is 0 Å². The van der Waals surface area contributed by atoms with E-state index in [2.05, 4.69) is 52.6 Å².